The Kier molecular flexibility index (Phi) is 4.02. The van der Waals surface area contributed by atoms with Gasteiger partial charge in [-0.15, -0.1) is 0 Å². The van der Waals surface area contributed by atoms with Crippen molar-refractivity contribution in [3.63, 3.8) is 0 Å². The molecule has 0 aliphatic heterocycles. The number of para-hydroxylation sites is 1. The maximum Gasteiger partial charge on any atom is 0.418 e. The van der Waals surface area contributed by atoms with Crippen LogP contribution in [0.3, 0.4) is 0 Å². The Morgan fingerprint density at radius 3 is 2.35 bits per heavy atom. The van der Waals surface area contributed by atoms with E-state index in [1.54, 1.807) is 6.07 Å². The highest BCUT2D eigenvalue weighted by Crippen LogP contribution is 2.34. The Morgan fingerprint density at radius 2 is 1.65 bits per heavy atom. The molecule has 0 amide bonds. The molecule has 0 aliphatic rings. The summed E-state index contributed by atoms with van der Waals surface area (Å²) in [5.74, 6) is 0. The number of alkyl halides is 3. The molecular weight excluding hydrogens is 263 g/mol. The molecule has 0 bridgehead atoms. The number of hydrogen-bond donors (Lipinski definition) is 1. The van der Waals surface area contributed by atoms with E-state index in [4.69, 9.17) is 0 Å². The van der Waals surface area contributed by atoms with Gasteiger partial charge in [-0.05, 0) is 42.7 Å². The summed E-state index contributed by atoms with van der Waals surface area (Å²) >= 11 is 0. The van der Waals surface area contributed by atoms with Gasteiger partial charge in [-0.1, -0.05) is 30.3 Å². The third-order valence-electron chi connectivity index (χ3n) is 3.42. The van der Waals surface area contributed by atoms with Gasteiger partial charge in [0, 0.05) is 12.2 Å². The zero-order chi connectivity index (χ0) is 14.8. The van der Waals surface area contributed by atoms with Crippen LogP contribution in [0.2, 0.25) is 0 Å². The first-order valence-electron chi connectivity index (χ1n) is 6.35. The van der Waals surface area contributed by atoms with Gasteiger partial charge in [0.2, 0.25) is 0 Å². The van der Waals surface area contributed by atoms with E-state index in [9.17, 15) is 13.2 Å². The van der Waals surface area contributed by atoms with Crippen molar-refractivity contribution >= 4 is 5.69 Å². The quantitative estimate of drug-likeness (QED) is 0.839. The number of nitrogens with one attached hydrogen (secondary N) is 1. The van der Waals surface area contributed by atoms with Crippen molar-refractivity contribution in [1.82, 2.24) is 0 Å². The van der Waals surface area contributed by atoms with Crippen LogP contribution < -0.4 is 5.32 Å². The van der Waals surface area contributed by atoms with E-state index in [1.807, 2.05) is 32.0 Å². The molecule has 1 nitrogen and oxygen atoms in total. The van der Waals surface area contributed by atoms with Crippen molar-refractivity contribution < 1.29 is 13.2 Å². The van der Waals surface area contributed by atoms with Gasteiger partial charge in [0.25, 0.3) is 0 Å². The van der Waals surface area contributed by atoms with Crippen molar-refractivity contribution in [3.05, 3.63) is 64.7 Å². The summed E-state index contributed by atoms with van der Waals surface area (Å²) in [6.07, 6.45) is -4.34. The van der Waals surface area contributed by atoms with Crippen molar-refractivity contribution in [3.8, 4) is 0 Å². The molecule has 0 saturated carbocycles. The molecule has 106 valence electrons. The van der Waals surface area contributed by atoms with E-state index in [0.29, 0.717) is 6.54 Å². The molecule has 0 radical (unpaired) electrons. The number of rotatable bonds is 3. The van der Waals surface area contributed by atoms with Crippen molar-refractivity contribution in [1.29, 1.82) is 0 Å². The van der Waals surface area contributed by atoms with Crippen LogP contribution in [0, 0.1) is 13.8 Å². The van der Waals surface area contributed by atoms with E-state index in [1.165, 1.54) is 12.1 Å². The topological polar surface area (TPSA) is 12.0 Å². The second-order valence-corrected chi connectivity index (χ2v) is 4.76. The van der Waals surface area contributed by atoms with Crippen LogP contribution in [0.5, 0.6) is 0 Å². The lowest BCUT2D eigenvalue weighted by Crippen LogP contribution is -2.11. The average molecular weight is 279 g/mol. The largest absolute Gasteiger partial charge is 0.418 e. The van der Waals surface area contributed by atoms with Crippen LogP contribution in [-0.4, -0.2) is 0 Å². The SMILES string of the molecule is Cc1cccc(CNc2ccccc2C(F)(F)F)c1C. The fourth-order valence-electron chi connectivity index (χ4n) is 2.08. The molecule has 0 fully saturated rings. The maximum atomic E-state index is 12.9. The lowest BCUT2D eigenvalue weighted by atomic mass is 10.0. The van der Waals surface area contributed by atoms with Gasteiger partial charge in [-0.25, -0.2) is 0 Å². The second kappa shape index (κ2) is 5.57. The molecule has 2 aromatic rings. The highest BCUT2D eigenvalue weighted by molar-refractivity contribution is 5.53. The van der Waals surface area contributed by atoms with Crippen LogP contribution in [0.15, 0.2) is 42.5 Å². The summed E-state index contributed by atoms with van der Waals surface area (Å²) < 4.78 is 38.6. The highest BCUT2D eigenvalue weighted by Gasteiger charge is 2.33. The molecular formula is C16H16F3N. The summed E-state index contributed by atoms with van der Waals surface area (Å²) in [6, 6.07) is 11.4. The molecule has 0 unspecified atom stereocenters. The monoisotopic (exact) mass is 279 g/mol. The third kappa shape index (κ3) is 3.13. The lowest BCUT2D eigenvalue weighted by Gasteiger charge is -2.15. The van der Waals surface area contributed by atoms with Crippen molar-refractivity contribution in [2.45, 2.75) is 26.6 Å². The predicted molar refractivity (Wildman–Crippen MR) is 74.7 cm³/mol. The normalized spacial score (nSPS) is 11.4. The van der Waals surface area contributed by atoms with Crippen LogP contribution >= 0.6 is 0 Å². The first-order valence-corrected chi connectivity index (χ1v) is 6.35. The highest BCUT2D eigenvalue weighted by atomic mass is 19.4. The summed E-state index contributed by atoms with van der Waals surface area (Å²) in [7, 11) is 0. The van der Waals surface area contributed by atoms with Gasteiger partial charge < -0.3 is 5.32 Å². The zero-order valence-electron chi connectivity index (χ0n) is 11.4. The molecule has 1 N–H and O–H groups in total. The summed E-state index contributed by atoms with van der Waals surface area (Å²) in [5.41, 5.74) is 2.71. The van der Waals surface area contributed by atoms with E-state index in [0.717, 1.165) is 22.8 Å². The molecule has 0 atom stereocenters. The van der Waals surface area contributed by atoms with E-state index >= 15 is 0 Å². The molecule has 0 aliphatic carbocycles. The summed E-state index contributed by atoms with van der Waals surface area (Å²) in [4.78, 5) is 0. The van der Waals surface area contributed by atoms with Crippen LogP contribution in [0.4, 0.5) is 18.9 Å². The van der Waals surface area contributed by atoms with Gasteiger partial charge >= 0.3 is 6.18 Å². The Balaban J connectivity index is 2.22. The van der Waals surface area contributed by atoms with Gasteiger partial charge in [0.05, 0.1) is 5.56 Å². The van der Waals surface area contributed by atoms with Gasteiger partial charge in [0.15, 0.2) is 0 Å². The first kappa shape index (κ1) is 14.4. The minimum Gasteiger partial charge on any atom is -0.380 e. The number of aryl methyl sites for hydroxylation is 1. The fraction of sp³-hybridized carbons (Fsp3) is 0.250. The first-order chi connectivity index (χ1) is 9.39. The molecule has 2 rings (SSSR count). The molecule has 0 saturated heterocycles. The molecule has 2 aromatic carbocycles. The molecule has 0 aromatic heterocycles. The van der Waals surface area contributed by atoms with Gasteiger partial charge in [-0.2, -0.15) is 13.2 Å². The number of benzene rings is 2. The second-order valence-electron chi connectivity index (χ2n) is 4.76. The number of halogens is 3. The Bertz CT molecular complexity index is 603. The summed E-state index contributed by atoms with van der Waals surface area (Å²) in [5, 5.41) is 2.88. The minimum absolute atomic E-state index is 0.112. The smallest absolute Gasteiger partial charge is 0.380 e. The third-order valence-corrected chi connectivity index (χ3v) is 3.42. The fourth-order valence-corrected chi connectivity index (χ4v) is 2.08. The zero-order valence-corrected chi connectivity index (χ0v) is 11.4. The molecule has 0 heterocycles. The maximum absolute atomic E-state index is 12.9. The van der Waals surface area contributed by atoms with Crippen LogP contribution in [-0.2, 0) is 12.7 Å². The van der Waals surface area contributed by atoms with Crippen LogP contribution in [0.25, 0.3) is 0 Å². The Hall–Kier alpha value is -1.97. The average Bonchev–Trinajstić information content (AvgIpc) is 2.40. The standard InChI is InChI=1S/C16H16F3N/c1-11-6-5-7-13(12(11)2)10-20-15-9-4-3-8-14(15)16(17,18)19/h3-9,20H,10H2,1-2H3. The summed E-state index contributed by atoms with van der Waals surface area (Å²) in [6.45, 7) is 4.34. The minimum atomic E-state index is -4.34. The Morgan fingerprint density at radius 1 is 0.950 bits per heavy atom. The van der Waals surface area contributed by atoms with E-state index < -0.39 is 11.7 Å². The van der Waals surface area contributed by atoms with Crippen molar-refractivity contribution in [2.75, 3.05) is 5.32 Å². The van der Waals surface area contributed by atoms with Crippen LogP contribution in [0.1, 0.15) is 22.3 Å². The molecule has 4 heteroatoms. The molecule has 0 spiro atoms. The van der Waals surface area contributed by atoms with Crippen molar-refractivity contribution in [2.24, 2.45) is 0 Å². The number of hydrogen-bond acceptors (Lipinski definition) is 1. The van der Waals surface area contributed by atoms with Gasteiger partial charge in [-0.3, -0.25) is 0 Å². The van der Waals surface area contributed by atoms with Gasteiger partial charge in [0.1, 0.15) is 0 Å². The predicted octanol–water partition coefficient (Wildman–Crippen LogP) is 4.93. The molecule has 20 heavy (non-hydrogen) atoms. The van der Waals surface area contributed by atoms with E-state index in [-0.39, 0.29) is 5.69 Å². The number of anilines is 1. The Labute approximate surface area is 116 Å². The van der Waals surface area contributed by atoms with E-state index in [2.05, 4.69) is 5.32 Å². The lowest BCUT2D eigenvalue weighted by molar-refractivity contribution is -0.136.